The molecule has 0 aliphatic heterocycles. The number of nitrogens with zero attached hydrogens (tertiary/aromatic N) is 3. The fourth-order valence-corrected chi connectivity index (χ4v) is 12.1. The number of rotatable bonds is 7. The van der Waals surface area contributed by atoms with Crippen LogP contribution in [0, 0.1) is 0 Å². The molecule has 63 heavy (non-hydrogen) atoms. The molecule has 5 nitrogen and oxygen atoms in total. The molecule has 0 spiro atoms. The van der Waals surface area contributed by atoms with Crippen molar-refractivity contribution in [1.82, 2.24) is 9.13 Å². The zero-order valence-electron chi connectivity index (χ0n) is 34.4. The Kier molecular flexibility index (Phi) is 8.01. The lowest BCUT2D eigenvalue weighted by Gasteiger charge is -2.27. The Morgan fingerprint density at radius 3 is 1.32 bits per heavy atom. The van der Waals surface area contributed by atoms with E-state index in [1.165, 1.54) is 40.3 Å². The van der Waals surface area contributed by atoms with Gasteiger partial charge in [-0.25, -0.2) is 0 Å². The van der Waals surface area contributed by atoms with E-state index in [1.54, 1.807) is 14.2 Å². The minimum Gasteiger partial charge on any atom is -0.497 e. The highest BCUT2D eigenvalue weighted by Crippen LogP contribution is 2.49. The van der Waals surface area contributed by atoms with E-state index >= 15 is 0 Å². The SMILES string of the molecule is COc1ccc2c(c1)c1c(N(c3ccccc3)c3cccc4c3c3cc(OC)ccc3n4-c3ccc4sc5ccccc5c4c3)cccc1n2-c1ccc2sc3ccccc3c2c1. The number of fused-ring (bicyclic) bond motifs is 12. The monoisotopic (exact) mass is 847 g/mol. The number of aromatic nitrogens is 2. The van der Waals surface area contributed by atoms with Gasteiger partial charge in [-0.05, 0) is 121 Å². The highest BCUT2D eigenvalue weighted by Gasteiger charge is 2.26. The second-order valence-corrected chi connectivity index (χ2v) is 18.2. The van der Waals surface area contributed by atoms with Crippen LogP contribution in [0.3, 0.4) is 0 Å². The topological polar surface area (TPSA) is 31.6 Å². The van der Waals surface area contributed by atoms with E-state index in [9.17, 15) is 0 Å². The molecule has 0 radical (unpaired) electrons. The molecule has 4 aromatic heterocycles. The van der Waals surface area contributed by atoms with Crippen LogP contribution in [0.5, 0.6) is 11.5 Å². The van der Waals surface area contributed by atoms with Crippen molar-refractivity contribution in [3.8, 4) is 22.9 Å². The first-order valence-corrected chi connectivity index (χ1v) is 22.7. The Hall–Kier alpha value is -7.58. The van der Waals surface area contributed by atoms with E-state index in [1.807, 2.05) is 22.7 Å². The van der Waals surface area contributed by atoms with Crippen molar-refractivity contribution in [3.63, 3.8) is 0 Å². The zero-order chi connectivity index (χ0) is 41.8. The summed E-state index contributed by atoms with van der Waals surface area (Å²) in [5.41, 5.74) is 9.88. The minimum absolute atomic E-state index is 0.814. The zero-order valence-corrected chi connectivity index (χ0v) is 36.0. The molecule has 13 rings (SSSR count). The molecule has 0 aliphatic rings. The number of anilines is 3. The smallest absolute Gasteiger partial charge is 0.119 e. The van der Waals surface area contributed by atoms with E-state index in [-0.39, 0.29) is 0 Å². The first kappa shape index (κ1) is 36.1. The summed E-state index contributed by atoms with van der Waals surface area (Å²) in [6.45, 7) is 0. The Labute approximate surface area is 370 Å². The van der Waals surface area contributed by atoms with Gasteiger partial charge in [-0.15, -0.1) is 22.7 Å². The molecule has 4 heterocycles. The van der Waals surface area contributed by atoms with Gasteiger partial charge >= 0.3 is 0 Å². The Morgan fingerprint density at radius 2 is 0.825 bits per heavy atom. The van der Waals surface area contributed by atoms with Crippen molar-refractivity contribution in [1.29, 1.82) is 0 Å². The molecule has 13 aromatic rings. The van der Waals surface area contributed by atoms with Crippen molar-refractivity contribution in [3.05, 3.63) is 188 Å². The average molecular weight is 848 g/mol. The van der Waals surface area contributed by atoms with Crippen LogP contribution in [0.4, 0.5) is 17.1 Å². The number of thiophene rings is 2. The van der Waals surface area contributed by atoms with E-state index in [0.717, 1.165) is 83.5 Å². The largest absolute Gasteiger partial charge is 0.497 e. The summed E-state index contributed by atoms with van der Waals surface area (Å²) in [5.74, 6) is 1.63. The standard InChI is InChI=1S/C56H37N3O2S2/c1-60-37-24-26-45-43(32-37)55-47(16-10-18-49(55)58(45)35-22-28-53-41(30-35)39-14-6-8-20-51(39)62-53)57(34-12-4-3-5-13-34)48-17-11-19-50-56(48)44-33-38(61-2)25-27-46(44)59(50)36-23-29-54-42(31-36)40-15-7-9-21-52(40)63-54/h3-33H,1-2H3. The molecule has 300 valence electrons. The number of hydrogen-bond donors (Lipinski definition) is 0. The van der Waals surface area contributed by atoms with Crippen molar-refractivity contribution in [2.45, 2.75) is 0 Å². The molecular weight excluding hydrogens is 811 g/mol. The van der Waals surface area contributed by atoms with Gasteiger partial charge in [0.15, 0.2) is 0 Å². The third-order valence-electron chi connectivity index (χ3n) is 12.7. The van der Waals surface area contributed by atoms with E-state index in [2.05, 4.69) is 202 Å². The lowest BCUT2D eigenvalue weighted by Crippen LogP contribution is -2.11. The van der Waals surface area contributed by atoms with Gasteiger partial charge in [0.2, 0.25) is 0 Å². The van der Waals surface area contributed by atoms with Crippen LogP contribution in [-0.4, -0.2) is 23.4 Å². The predicted molar refractivity (Wildman–Crippen MR) is 269 cm³/mol. The molecule has 0 atom stereocenters. The molecule has 9 aromatic carbocycles. The van der Waals surface area contributed by atoms with Crippen LogP contribution in [0.15, 0.2) is 188 Å². The second-order valence-electron chi connectivity index (χ2n) is 16.0. The van der Waals surface area contributed by atoms with Crippen molar-refractivity contribution < 1.29 is 9.47 Å². The highest BCUT2D eigenvalue weighted by molar-refractivity contribution is 7.26. The number of ether oxygens (including phenoxy) is 2. The summed E-state index contributed by atoms with van der Waals surface area (Å²) in [5, 5.41) is 9.60. The third-order valence-corrected chi connectivity index (χ3v) is 15.0. The number of para-hydroxylation sites is 1. The maximum Gasteiger partial charge on any atom is 0.119 e. The Bertz CT molecular complexity index is 3730. The van der Waals surface area contributed by atoms with Crippen LogP contribution in [-0.2, 0) is 0 Å². The molecule has 0 amide bonds. The molecule has 0 bridgehead atoms. The summed E-state index contributed by atoms with van der Waals surface area (Å²) in [6.07, 6.45) is 0. The van der Waals surface area contributed by atoms with Gasteiger partial charge in [-0.2, -0.15) is 0 Å². The van der Waals surface area contributed by atoms with Gasteiger partial charge < -0.3 is 23.5 Å². The molecule has 7 heteroatoms. The van der Waals surface area contributed by atoms with Crippen LogP contribution in [0.2, 0.25) is 0 Å². The van der Waals surface area contributed by atoms with Crippen LogP contribution >= 0.6 is 22.7 Å². The van der Waals surface area contributed by atoms with E-state index in [0.29, 0.717) is 0 Å². The molecular formula is C56H37N3O2S2. The predicted octanol–water partition coefficient (Wildman–Crippen LogP) is 16.1. The maximum absolute atomic E-state index is 5.93. The van der Waals surface area contributed by atoms with Gasteiger partial charge in [0.1, 0.15) is 11.5 Å². The summed E-state index contributed by atoms with van der Waals surface area (Å²) in [4.78, 5) is 2.45. The molecule has 0 aliphatic carbocycles. The summed E-state index contributed by atoms with van der Waals surface area (Å²) in [6, 6.07) is 68.4. The lowest BCUT2D eigenvalue weighted by atomic mass is 10.0. The second kappa shape index (κ2) is 14.0. The van der Waals surface area contributed by atoms with Crippen molar-refractivity contribution in [2.75, 3.05) is 19.1 Å². The van der Waals surface area contributed by atoms with Gasteiger partial charge in [0, 0.05) is 79.0 Å². The number of methoxy groups -OCH3 is 2. The van der Waals surface area contributed by atoms with Gasteiger partial charge in [0.05, 0.1) is 47.7 Å². The maximum atomic E-state index is 5.93. The van der Waals surface area contributed by atoms with Gasteiger partial charge in [-0.1, -0.05) is 66.7 Å². The Balaban J connectivity index is 1.11. The normalized spacial score (nSPS) is 12.0. The number of benzene rings is 9. The quantitative estimate of drug-likeness (QED) is 0.160. The first-order chi connectivity index (χ1) is 31.1. The van der Waals surface area contributed by atoms with Crippen molar-refractivity contribution in [2.24, 2.45) is 0 Å². The van der Waals surface area contributed by atoms with E-state index in [4.69, 9.17) is 9.47 Å². The first-order valence-electron chi connectivity index (χ1n) is 21.1. The lowest BCUT2D eigenvalue weighted by molar-refractivity contribution is 0.415. The fourth-order valence-electron chi connectivity index (χ4n) is 9.94. The minimum atomic E-state index is 0.814. The van der Waals surface area contributed by atoms with Crippen LogP contribution < -0.4 is 14.4 Å². The molecule has 0 saturated heterocycles. The molecule has 0 unspecified atom stereocenters. The highest BCUT2D eigenvalue weighted by atomic mass is 32.1. The molecule has 0 fully saturated rings. The summed E-state index contributed by atoms with van der Waals surface area (Å²) < 4.78 is 21.9. The van der Waals surface area contributed by atoms with Gasteiger partial charge in [0.25, 0.3) is 0 Å². The van der Waals surface area contributed by atoms with Crippen LogP contribution in [0.1, 0.15) is 0 Å². The average Bonchev–Trinajstić information content (AvgIpc) is 4.09. The molecule has 0 N–H and O–H groups in total. The Morgan fingerprint density at radius 1 is 0.365 bits per heavy atom. The summed E-state index contributed by atoms with van der Waals surface area (Å²) in [7, 11) is 3.49. The van der Waals surface area contributed by atoms with E-state index < -0.39 is 0 Å². The third kappa shape index (κ3) is 5.40. The molecule has 0 saturated carbocycles. The van der Waals surface area contributed by atoms with Gasteiger partial charge in [-0.3, -0.25) is 0 Å². The fraction of sp³-hybridized carbons (Fsp3) is 0.0357. The van der Waals surface area contributed by atoms with Crippen LogP contribution in [0.25, 0.3) is 95.3 Å². The number of hydrogen-bond acceptors (Lipinski definition) is 5. The summed E-state index contributed by atoms with van der Waals surface area (Å²) >= 11 is 3.69. The van der Waals surface area contributed by atoms with Crippen molar-refractivity contribution >= 4 is 124 Å².